The molecule has 1 aliphatic rings. The van der Waals surface area contributed by atoms with Crippen LogP contribution in [-0.4, -0.2) is 102 Å². The quantitative estimate of drug-likeness (QED) is 0.0288. The number of thiazole rings is 1. The molecule has 3 rings (SSSR count). The molecule has 4 amide bonds. The first-order valence-electron chi connectivity index (χ1n) is 11.9. The predicted molar refractivity (Wildman–Crippen MR) is 144 cm³/mol. The summed E-state index contributed by atoms with van der Waals surface area (Å²) in [7, 11) is -5.22. The normalized spacial score (nSPS) is 16.9. The minimum Gasteiger partial charge on any atom is -0.503 e. The van der Waals surface area contributed by atoms with Crippen LogP contribution in [0.5, 0.6) is 5.75 Å². The number of nitrogen functional groups attached to an aromatic ring is 1. The number of aliphatic carboxylic acids is 1. The predicted octanol–water partition coefficient (Wildman–Crippen LogP) is -3.66. The van der Waals surface area contributed by atoms with Crippen LogP contribution in [0.3, 0.4) is 0 Å². The van der Waals surface area contributed by atoms with Crippen molar-refractivity contribution in [2.24, 2.45) is 5.16 Å². The Morgan fingerprint density at radius 1 is 1.18 bits per heavy atom. The largest absolute Gasteiger partial charge is 0.503 e. The van der Waals surface area contributed by atoms with Gasteiger partial charge in [-0.1, -0.05) is 5.16 Å². The number of carboxylic acids is 1. The van der Waals surface area contributed by atoms with Crippen molar-refractivity contribution in [2.45, 2.75) is 38.1 Å². The van der Waals surface area contributed by atoms with E-state index < -0.39 is 87.6 Å². The first kappa shape index (κ1) is 33.2. The molecule has 0 unspecified atom stereocenters. The number of carboxylic acid groups (broad SMARTS) is 1. The molecule has 2 aromatic heterocycles. The van der Waals surface area contributed by atoms with Gasteiger partial charge in [0, 0.05) is 18.0 Å². The van der Waals surface area contributed by atoms with Gasteiger partial charge in [-0.2, -0.15) is 13.1 Å². The topological polar surface area (TPSA) is 322 Å². The van der Waals surface area contributed by atoms with E-state index in [-0.39, 0.29) is 20.8 Å². The Hall–Kier alpha value is -5.29. The molecule has 0 bridgehead atoms. The molecule has 238 valence electrons. The highest BCUT2D eigenvalue weighted by molar-refractivity contribution is 7.84. The molecule has 2 aromatic rings. The second-order valence-corrected chi connectivity index (χ2v) is 11.5. The number of nitrogens with zero attached hydrogens (tertiary/aromatic N) is 4. The number of oxime groups is 1. The van der Waals surface area contributed by atoms with Gasteiger partial charge in [-0.15, -0.1) is 11.3 Å². The minimum absolute atomic E-state index is 0.0261. The van der Waals surface area contributed by atoms with Gasteiger partial charge in [0.2, 0.25) is 11.0 Å². The summed E-state index contributed by atoms with van der Waals surface area (Å²) in [6.45, 7) is 0.849. The number of β-lactam (4-membered cyclic amide) rings is 1. The van der Waals surface area contributed by atoms with Crippen LogP contribution in [0.4, 0.5) is 5.13 Å². The minimum atomic E-state index is -5.22. The monoisotopic (exact) mass is 660 g/mol. The number of amides is 4. The van der Waals surface area contributed by atoms with Crippen LogP contribution in [0.15, 0.2) is 27.6 Å². The number of carbonyl (C=O) groups is 5. The van der Waals surface area contributed by atoms with Crippen molar-refractivity contribution in [2.75, 3.05) is 12.3 Å². The summed E-state index contributed by atoms with van der Waals surface area (Å²) < 4.78 is 33.3. The fraction of sp³-hybridized carbons (Fsp3) is 0.333. The Morgan fingerprint density at radius 3 is 2.39 bits per heavy atom. The van der Waals surface area contributed by atoms with Gasteiger partial charge >= 0.3 is 28.1 Å². The molecule has 1 saturated heterocycles. The van der Waals surface area contributed by atoms with E-state index in [9.17, 15) is 57.2 Å². The molecule has 3 heterocycles. The molecule has 1 aliphatic heterocycles. The van der Waals surface area contributed by atoms with Crippen molar-refractivity contribution in [3.63, 3.8) is 0 Å². The maximum Gasteiger partial charge on any atom is 0.362 e. The zero-order valence-electron chi connectivity index (χ0n) is 22.4. The average Bonchev–Trinajstić information content (AvgIpc) is 3.35. The van der Waals surface area contributed by atoms with E-state index in [4.69, 9.17) is 10.6 Å². The highest BCUT2D eigenvalue weighted by atomic mass is 32.2. The maximum atomic E-state index is 13.1. The molecule has 21 nitrogen and oxygen atoms in total. The summed E-state index contributed by atoms with van der Waals surface area (Å²) in [4.78, 5) is 81.9. The highest BCUT2D eigenvalue weighted by Gasteiger charge is 2.54. The molecule has 0 aromatic carbocycles. The number of pyridine rings is 1. The molecule has 1 fully saturated rings. The van der Waals surface area contributed by atoms with Gasteiger partial charge in [0.15, 0.2) is 16.6 Å². The molecule has 9 N–H and O–H groups in total. The first-order valence-corrected chi connectivity index (χ1v) is 14.1. The van der Waals surface area contributed by atoms with Crippen LogP contribution >= 0.6 is 11.3 Å². The van der Waals surface area contributed by atoms with Crippen LogP contribution < -0.4 is 27.1 Å². The number of hydrogen-bond donors (Lipinski definition) is 8. The molecule has 2 atom stereocenters. The van der Waals surface area contributed by atoms with Gasteiger partial charge in [0.25, 0.3) is 11.8 Å². The number of nitrogens with two attached hydrogens (primary N) is 1. The van der Waals surface area contributed by atoms with Crippen LogP contribution in [0.25, 0.3) is 0 Å². The van der Waals surface area contributed by atoms with Gasteiger partial charge in [-0.3, -0.25) is 28.5 Å². The molecular weight excluding hydrogens is 636 g/mol. The second-order valence-electron chi connectivity index (χ2n) is 9.30. The number of nitrogens with one attached hydrogen (secondary N) is 3. The number of aromatic nitrogens is 2. The fourth-order valence-corrected chi connectivity index (χ4v) is 4.81. The van der Waals surface area contributed by atoms with E-state index in [1.807, 2.05) is 5.32 Å². The van der Waals surface area contributed by atoms with Crippen molar-refractivity contribution >= 4 is 62.1 Å². The summed E-state index contributed by atoms with van der Waals surface area (Å²) in [5.74, 6) is -7.54. The van der Waals surface area contributed by atoms with Crippen molar-refractivity contribution in [1.82, 2.24) is 30.0 Å². The third-order valence-electron chi connectivity index (χ3n) is 5.76. The summed E-state index contributed by atoms with van der Waals surface area (Å²) in [6, 6.07) is -2.63. The molecule has 0 saturated carbocycles. The Labute approximate surface area is 249 Å². The lowest BCUT2D eigenvalue weighted by Crippen LogP contribution is -2.74. The van der Waals surface area contributed by atoms with E-state index in [1.165, 1.54) is 5.38 Å². The third-order valence-corrected chi connectivity index (χ3v) is 7.38. The lowest BCUT2D eigenvalue weighted by atomic mass is 9.98. The average molecular weight is 661 g/mol. The summed E-state index contributed by atoms with van der Waals surface area (Å²) in [6.07, 6.45) is 0.647. The van der Waals surface area contributed by atoms with Crippen molar-refractivity contribution in [3.05, 3.63) is 39.3 Å². The zero-order valence-corrected chi connectivity index (χ0v) is 24.1. The lowest BCUT2D eigenvalue weighted by molar-refractivity contribution is -0.161. The van der Waals surface area contributed by atoms with E-state index in [0.717, 1.165) is 31.3 Å². The number of rotatable bonds is 11. The number of hydrogen-bond acceptors (Lipinski definition) is 15. The van der Waals surface area contributed by atoms with Gasteiger partial charge in [0.1, 0.15) is 11.7 Å². The highest BCUT2D eigenvalue weighted by Crippen LogP contribution is 2.24. The smallest absolute Gasteiger partial charge is 0.362 e. The van der Waals surface area contributed by atoms with E-state index in [0.29, 0.717) is 10.9 Å². The van der Waals surface area contributed by atoms with Gasteiger partial charge < -0.3 is 41.9 Å². The van der Waals surface area contributed by atoms with E-state index in [2.05, 4.69) is 20.8 Å². The van der Waals surface area contributed by atoms with Crippen LogP contribution in [0.2, 0.25) is 0 Å². The van der Waals surface area contributed by atoms with Crippen LogP contribution in [-0.2, 0) is 45.7 Å². The van der Waals surface area contributed by atoms with Crippen molar-refractivity contribution in [1.29, 1.82) is 0 Å². The Bertz CT molecular complexity index is 1720. The first-order chi connectivity index (χ1) is 20.3. The van der Waals surface area contributed by atoms with Crippen LogP contribution in [0.1, 0.15) is 25.2 Å². The summed E-state index contributed by atoms with van der Waals surface area (Å²) in [5, 5.41) is 39.2. The maximum absolute atomic E-state index is 13.1. The van der Waals surface area contributed by atoms with Crippen molar-refractivity contribution < 1.29 is 57.2 Å². The van der Waals surface area contributed by atoms with Gasteiger partial charge in [0.05, 0.1) is 24.5 Å². The zero-order chi connectivity index (χ0) is 33.1. The van der Waals surface area contributed by atoms with Gasteiger partial charge in [-0.25, -0.2) is 14.1 Å². The van der Waals surface area contributed by atoms with Gasteiger partial charge in [-0.05, 0) is 13.8 Å². The Morgan fingerprint density at radius 2 is 1.82 bits per heavy atom. The van der Waals surface area contributed by atoms with Crippen molar-refractivity contribution in [3.8, 4) is 5.75 Å². The third kappa shape index (κ3) is 7.37. The number of anilines is 1. The number of carbonyl (C=O) groups excluding carboxylic acids is 4. The molecule has 0 radical (unpaired) electrons. The second kappa shape index (κ2) is 12.5. The Balaban J connectivity index is 1.75. The molecule has 23 heteroatoms. The standard InChI is InChI=1S/C21H24N8O13S2/c1-21(2,19(36)37)42-27-13(9-7-43-20(22)25-9)15(32)26-14-10(29(18(14)35)44(39,40)41)5-24-17(34)16(33)23-4-8-3-11(30)12(31)6-28(8)38/h3,6-7,10,14,31,38H,4-5H2,1-2H3,(H2,22,25)(H,23,33)(H,24,34)(H,26,32)(H,36,37)(H,39,40,41)/b27-13-/t10-,14+/m1/s1. The van der Waals surface area contributed by atoms with Crippen LogP contribution in [0, 0.1) is 0 Å². The molecule has 0 aliphatic carbocycles. The summed E-state index contributed by atoms with van der Waals surface area (Å²) >= 11 is 0.871. The van der Waals surface area contributed by atoms with E-state index >= 15 is 0 Å². The SMILES string of the molecule is CC(C)(O/N=C(\C(=O)N[C@@H]1C(=O)N(S(=O)(=O)O)[C@@H]1CNC(=O)C(=O)NCc1cc(=O)c(O)cn1O)c1csc(N)n1)C(=O)O. The molecule has 0 spiro atoms. The number of aromatic hydroxyl groups is 1. The van der Waals surface area contributed by atoms with E-state index in [1.54, 1.807) is 0 Å². The summed E-state index contributed by atoms with van der Waals surface area (Å²) in [5.41, 5.74) is 1.68. The molecular formula is C21H24N8O13S2. The Kier molecular flexibility index (Phi) is 9.45. The fourth-order valence-electron chi connectivity index (χ4n) is 3.39. The molecule has 44 heavy (non-hydrogen) atoms. The lowest BCUT2D eigenvalue weighted by Gasteiger charge is -2.44.